The van der Waals surface area contributed by atoms with E-state index in [4.69, 9.17) is 9.47 Å². The first kappa shape index (κ1) is 18.1. The van der Waals surface area contributed by atoms with Gasteiger partial charge in [0.25, 0.3) is 0 Å². The number of hydrogen-bond donors (Lipinski definition) is 0. The normalized spacial score (nSPS) is 10.6. The molecule has 0 saturated carbocycles. The largest absolute Gasteiger partial charge is 0.497 e. The van der Waals surface area contributed by atoms with E-state index >= 15 is 0 Å². The average molecular weight is 358 g/mol. The smallest absolute Gasteiger partial charge is 0.343 e. The van der Waals surface area contributed by atoms with E-state index in [1.54, 1.807) is 61.7 Å². The van der Waals surface area contributed by atoms with Crippen molar-refractivity contribution in [2.45, 2.75) is 0 Å². The molecule has 0 spiro atoms. The second-order valence-electron chi connectivity index (χ2n) is 5.72. The Balaban J connectivity index is 1.77. The fourth-order valence-electron chi connectivity index (χ4n) is 2.47. The fourth-order valence-corrected chi connectivity index (χ4v) is 2.47. The Morgan fingerprint density at radius 3 is 2.19 bits per heavy atom. The van der Waals surface area contributed by atoms with Gasteiger partial charge in [0.1, 0.15) is 11.5 Å². The molecule has 0 atom stereocenters. The van der Waals surface area contributed by atoms with Crippen LogP contribution in [0.3, 0.4) is 0 Å². The Labute approximate surface area is 157 Å². The second kappa shape index (κ2) is 8.63. The van der Waals surface area contributed by atoms with Crippen molar-refractivity contribution < 1.29 is 19.1 Å². The molecule has 0 aromatic heterocycles. The number of allylic oxidation sites excluding steroid dienone is 1. The van der Waals surface area contributed by atoms with Gasteiger partial charge in [0, 0.05) is 0 Å². The number of ketones is 1. The van der Waals surface area contributed by atoms with Crippen LogP contribution in [-0.2, 0) is 0 Å². The summed E-state index contributed by atoms with van der Waals surface area (Å²) in [6.45, 7) is 0. The lowest BCUT2D eigenvalue weighted by atomic mass is 10.1. The summed E-state index contributed by atoms with van der Waals surface area (Å²) in [5, 5.41) is 0. The van der Waals surface area contributed by atoms with Crippen molar-refractivity contribution in [3.63, 3.8) is 0 Å². The molecule has 3 aromatic rings. The first-order valence-corrected chi connectivity index (χ1v) is 8.40. The summed E-state index contributed by atoms with van der Waals surface area (Å²) in [5.74, 6) is 0.0936. The maximum atomic E-state index is 12.5. The molecule has 134 valence electrons. The molecule has 0 amide bonds. The van der Waals surface area contributed by atoms with Gasteiger partial charge in [-0.05, 0) is 48.0 Å². The highest BCUT2D eigenvalue weighted by Gasteiger charge is 2.14. The lowest BCUT2D eigenvalue weighted by Gasteiger charge is -2.08. The van der Waals surface area contributed by atoms with Gasteiger partial charge >= 0.3 is 5.97 Å². The highest BCUT2D eigenvalue weighted by atomic mass is 16.5. The first-order valence-electron chi connectivity index (χ1n) is 8.40. The number of ether oxygens (including phenoxy) is 2. The van der Waals surface area contributed by atoms with Crippen LogP contribution in [0.25, 0.3) is 6.08 Å². The fraction of sp³-hybridized carbons (Fsp3) is 0.0435. The van der Waals surface area contributed by atoms with Crippen molar-refractivity contribution >= 4 is 17.8 Å². The summed E-state index contributed by atoms with van der Waals surface area (Å²) in [7, 11) is 1.55. The number of hydrogen-bond acceptors (Lipinski definition) is 4. The van der Waals surface area contributed by atoms with Crippen molar-refractivity contribution in [2.24, 2.45) is 0 Å². The van der Waals surface area contributed by atoms with Crippen LogP contribution in [0.1, 0.15) is 26.3 Å². The van der Waals surface area contributed by atoms with Gasteiger partial charge < -0.3 is 9.47 Å². The van der Waals surface area contributed by atoms with Crippen LogP contribution in [0.4, 0.5) is 0 Å². The number of para-hydroxylation sites is 1. The van der Waals surface area contributed by atoms with Crippen LogP contribution < -0.4 is 9.47 Å². The molecule has 0 radical (unpaired) electrons. The van der Waals surface area contributed by atoms with Gasteiger partial charge in [-0.1, -0.05) is 48.5 Å². The lowest BCUT2D eigenvalue weighted by Crippen LogP contribution is -2.11. The van der Waals surface area contributed by atoms with E-state index < -0.39 is 5.97 Å². The van der Waals surface area contributed by atoms with Gasteiger partial charge in [0.15, 0.2) is 5.78 Å². The van der Waals surface area contributed by atoms with Gasteiger partial charge in [-0.15, -0.1) is 0 Å². The van der Waals surface area contributed by atoms with Crippen molar-refractivity contribution in [1.29, 1.82) is 0 Å². The van der Waals surface area contributed by atoms with E-state index in [2.05, 4.69) is 0 Å². The molecule has 3 rings (SSSR count). The Hall–Kier alpha value is -3.66. The second-order valence-corrected chi connectivity index (χ2v) is 5.72. The van der Waals surface area contributed by atoms with Crippen molar-refractivity contribution in [3.8, 4) is 11.5 Å². The summed E-state index contributed by atoms with van der Waals surface area (Å²) in [6, 6.07) is 22.8. The summed E-state index contributed by atoms with van der Waals surface area (Å²) in [5.41, 5.74) is 1.61. The van der Waals surface area contributed by atoms with Crippen molar-refractivity contribution in [1.82, 2.24) is 0 Å². The predicted octanol–water partition coefficient (Wildman–Crippen LogP) is 4.81. The molecule has 4 nitrogen and oxygen atoms in total. The van der Waals surface area contributed by atoms with Crippen LogP contribution in [0.15, 0.2) is 84.9 Å². The molecular formula is C23H18O4. The van der Waals surface area contributed by atoms with Gasteiger partial charge in [0.05, 0.1) is 18.2 Å². The van der Waals surface area contributed by atoms with Crippen LogP contribution in [-0.4, -0.2) is 18.9 Å². The SMILES string of the molecule is COc1ccc(C(=O)Oc2ccccc2C(=O)/C=C/c2ccccc2)cc1. The molecule has 0 unspecified atom stereocenters. The highest BCUT2D eigenvalue weighted by Crippen LogP contribution is 2.21. The Bertz CT molecular complexity index is 957. The zero-order valence-corrected chi connectivity index (χ0v) is 14.8. The minimum atomic E-state index is -0.537. The molecule has 4 heteroatoms. The maximum Gasteiger partial charge on any atom is 0.343 e. The maximum absolute atomic E-state index is 12.5. The minimum absolute atomic E-state index is 0.223. The van der Waals surface area contributed by atoms with Crippen LogP contribution in [0, 0.1) is 0 Å². The van der Waals surface area contributed by atoms with Crippen LogP contribution in [0.2, 0.25) is 0 Å². The monoisotopic (exact) mass is 358 g/mol. The molecule has 27 heavy (non-hydrogen) atoms. The first-order chi connectivity index (χ1) is 13.2. The van der Waals surface area contributed by atoms with Crippen LogP contribution >= 0.6 is 0 Å². The number of benzene rings is 3. The zero-order chi connectivity index (χ0) is 19.1. The van der Waals surface area contributed by atoms with E-state index in [1.165, 1.54) is 6.08 Å². The van der Waals surface area contributed by atoms with E-state index in [0.717, 1.165) is 5.56 Å². The van der Waals surface area contributed by atoms with E-state index in [0.29, 0.717) is 16.9 Å². The Morgan fingerprint density at radius 1 is 0.815 bits per heavy atom. The standard InChI is InChI=1S/C23H18O4/c1-26-19-14-12-18(13-15-19)23(25)27-22-10-6-5-9-20(22)21(24)16-11-17-7-3-2-4-8-17/h2-16H,1H3/b16-11+. The molecular weight excluding hydrogens is 340 g/mol. The zero-order valence-electron chi connectivity index (χ0n) is 14.8. The average Bonchev–Trinajstić information content (AvgIpc) is 2.73. The molecule has 0 aliphatic rings. The third kappa shape index (κ3) is 4.70. The third-order valence-electron chi connectivity index (χ3n) is 3.91. The van der Waals surface area contributed by atoms with Gasteiger partial charge in [-0.3, -0.25) is 4.79 Å². The van der Waals surface area contributed by atoms with Crippen molar-refractivity contribution in [2.75, 3.05) is 7.11 Å². The van der Waals surface area contributed by atoms with E-state index in [-0.39, 0.29) is 11.5 Å². The van der Waals surface area contributed by atoms with Crippen LogP contribution in [0.5, 0.6) is 11.5 Å². The summed E-state index contributed by atoms with van der Waals surface area (Å²) in [6.07, 6.45) is 3.19. The number of carbonyl (C=O) groups excluding carboxylic acids is 2. The van der Waals surface area contributed by atoms with Gasteiger partial charge in [-0.2, -0.15) is 0 Å². The lowest BCUT2D eigenvalue weighted by molar-refractivity contribution is 0.0733. The summed E-state index contributed by atoms with van der Waals surface area (Å²) >= 11 is 0. The Morgan fingerprint density at radius 2 is 1.48 bits per heavy atom. The molecule has 0 aliphatic heterocycles. The predicted molar refractivity (Wildman–Crippen MR) is 104 cm³/mol. The number of esters is 1. The quantitative estimate of drug-likeness (QED) is 0.275. The molecule has 0 bridgehead atoms. The molecule has 0 heterocycles. The molecule has 3 aromatic carbocycles. The topological polar surface area (TPSA) is 52.6 Å². The highest BCUT2D eigenvalue weighted by molar-refractivity contribution is 6.09. The number of carbonyl (C=O) groups is 2. The number of rotatable bonds is 6. The summed E-state index contributed by atoms with van der Waals surface area (Å²) in [4.78, 5) is 24.9. The van der Waals surface area contributed by atoms with E-state index in [9.17, 15) is 9.59 Å². The molecule has 0 fully saturated rings. The summed E-state index contributed by atoms with van der Waals surface area (Å²) < 4.78 is 10.5. The Kier molecular flexibility index (Phi) is 5.80. The van der Waals surface area contributed by atoms with Gasteiger partial charge in [-0.25, -0.2) is 4.79 Å². The molecule has 0 N–H and O–H groups in total. The minimum Gasteiger partial charge on any atom is -0.497 e. The van der Waals surface area contributed by atoms with Gasteiger partial charge in [0.2, 0.25) is 0 Å². The number of methoxy groups -OCH3 is 1. The van der Waals surface area contributed by atoms with E-state index in [1.807, 2.05) is 30.3 Å². The molecule has 0 aliphatic carbocycles. The third-order valence-corrected chi connectivity index (χ3v) is 3.91. The van der Waals surface area contributed by atoms with Crippen molar-refractivity contribution in [3.05, 3.63) is 102 Å². The molecule has 0 saturated heterocycles.